The second kappa shape index (κ2) is 10.3. The number of amides is 2. The molecule has 0 saturated heterocycles. The third kappa shape index (κ3) is 5.98. The third-order valence-corrected chi connectivity index (χ3v) is 4.85. The zero-order chi connectivity index (χ0) is 21.3. The van der Waals surface area contributed by atoms with Crippen LogP contribution in [-0.2, 0) is 29.1 Å². The van der Waals surface area contributed by atoms with Gasteiger partial charge >= 0.3 is 0 Å². The second-order valence-electron chi connectivity index (χ2n) is 7.06. The number of carbonyl (C=O) groups is 2. The molecule has 0 aliphatic carbocycles. The minimum atomic E-state index is -0.687. The van der Waals surface area contributed by atoms with Crippen LogP contribution in [0.2, 0.25) is 0 Å². The Balaban J connectivity index is 1.73. The Bertz CT molecular complexity index is 963. The number of nitrogens with zero attached hydrogens (tertiary/aromatic N) is 2. The molecular weight excluding hydrogens is 381 g/mol. The first-order chi connectivity index (χ1) is 14.5. The van der Waals surface area contributed by atoms with Crippen molar-refractivity contribution >= 4 is 11.8 Å². The number of aromatic nitrogens is 1. The normalized spacial score (nSPS) is 11.5. The molecule has 0 fully saturated rings. The molecule has 3 rings (SSSR count). The lowest BCUT2D eigenvalue weighted by Gasteiger charge is -2.29. The Hall–Kier alpha value is -3.54. The van der Waals surface area contributed by atoms with Gasteiger partial charge in [0.05, 0.1) is 6.42 Å². The summed E-state index contributed by atoms with van der Waals surface area (Å²) in [5.74, 6) is -0.767. The smallest absolute Gasteiger partial charge is 0.242 e. The first-order valence-corrected chi connectivity index (χ1v) is 9.77. The topological polar surface area (TPSA) is 62.3 Å². The van der Waals surface area contributed by atoms with Gasteiger partial charge in [0.2, 0.25) is 11.8 Å². The number of hydrogen-bond acceptors (Lipinski definition) is 3. The molecule has 2 amide bonds. The second-order valence-corrected chi connectivity index (χ2v) is 7.06. The van der Waals surface area contributed by atoms with Crippen molar-refractivity contribution in [1.82, 2.24) is 15.2 Å². The van der Waals surface area contributed by atoms with E-state index < -0.39 is 6.04 Å². The van der Waals surface area contributed by atoms with E-state index in [1.54, 1.807) is 31.5 Å². The van der Waals surface area contributed by atoms with Crippen molar-refractivity contribution in [3.8, 4) is 0 Å². The zero-order valence-corrected chi connectivity index (χ0v) is 16.8. The number of pyridine rings is 1. The standard InChI is InChI=1S/C24H24FN3O2/c1-18(24(30)27-16-20-11-13-26-14-12-20)28(17-21-7-9-22(25)10-8-21)23(29)15-19-5-3-2-4-6-19/h2-14,18H,15-17H2,1H3,(H,27,30)/t18-/m0/s1. The van der Waals surface area contributed by atoms with E-state index in [-0.39, 0.29) is 30.6 Å². The summed E-state index contributed by atoms with van der Waals surface area (Å²) in [5.41, 5.74) is 2.55. The van der Waals surface area contributed by atoms with Gasteiger partial charge in [-0.1, -0.05) is 42.5 Å². The van der Waals surface area contributed by atoms with Crippen LogP contribution in [0.3, 0.4) is 0 Å². The Kier molecular flexibility index (Phi) is 7.27. The van der Waals surface area contributed by atoms with Gasteiger partial charge in [-0.25, -0.2) is 4.39 Å². The van der Waals surface area contributed by atoms with Gasteiger partial charge in [0.15, 0.2) is 0 Å². The Morgan fingerprint density at radius 1 is 0.933 bits per heavy atom. The van der Waals surface area contributed by atoms with Gasteiger partial charge in [-0.2, -0.15) is 0 Å². The summed E-state index contributed by atoms with van der Waals surface area (Å²) in [5, 5.41) is 2.87. The number of rotatable bonds is 8. The summed E-state index contributed by atoms with van der Waals surface area (Å²) in [6.07, 6.45) is 3.51. The minimum Gasteiger partial charge on any atom is -0.350 e. The van der Waals surface area contributed by atoms with Gasteiger partial charge in [-0.15, -0.1) is 0 Å². The maximum Gasteiger partial charge on any atom is 0.242 e. The molecule has 6 heteroatoms. The molecule has 30 heavy (non-hydrogen) atoms. The molecule has 0 saturated carbocycles. The highest BCUT2D eigenvalue weighted by Gasteiger charge is 2.26. The predicted octanol–water partition coefficient (Wildman–Crippen LogP) is 3.50. The van der Waals surface area contributed by atoms with Crippen LogP contribution in [0.25, 0.3) is 0 Å². The SMILES string of the molecule is C[C@@H](C(=O)NCc1ccncc1)N(Cc1ccc(F)cc1)C(=O)Cc1ccccc1. The quantitative estimate of drug-likeness (QED) is 0.624. The monoisotopic (exact) mass is 405 g/mol. The summed E-state index contributed by atoms with van der Waals surface area (Å²) in [7, 11) is 0. The van der Waals surface area contributed by atoms with Crippen molar-refractivity contribution in [2.45, 2.75) is 32.5 Å². The van der Waals surface area contributed by atoms with Gasteiger partial charge in [0.25, 0.3) is 0 Å². The fourth-order valence-corrected chi connectivity index (χ4v) is 3.08. The van der Waals surface area contributed by atoms with Gasteiger partial charge in [-0.05, 0) is 47.9 Å². The lowest BCUT2D eigenvalue weighted by atomic mass is 10.1. The van der Waals surface area contributed by atoms with E-state index in [0.717, 1.165) is 16.7 Å². The lowest BCUT2D eigenvalue weighted by molar-refractivity contribution is -0.140. The molecule has 1 N–H and O–H groups in total. The van der Waals surface area contributed by atoms with Crippen molar-refractivity contribution in [3.05, 3.63) is 102 Å². The Morgan fingerprint density at radius 2 is 1.60 bits per heavy atom. The summed E-state index contributed by atoms with van der Waals surface area (Å²) >= 11 is 0. The fourth-order valence-electron chi connectivity index (χ4n) is 3.08. The molecule has 154 valence electrons. The molecule has 1 heterocycles. The molecule has 1 aromatic heterocycles. The highest BCUT2D eigenvalue weighted by molar-refractivity contribution is 5.88. The molecule has 2 aromatic carbocycles. The molecule has 0 radical (unpaired) electrons. The third-order valence-electron chi connectivity index (χ3n) is 4.85. The maximum absolute atomic E-state index is 13.3. The maximum atomic E-state index is 13.3. The highest BCUT2D eigenvalue weighted by Crippen LogP contribution is 2.13. The summed E-state index contributed by atoms with van der Waals surface area (Å²) in [6, 6.07) is 18.3. The Labute approximate surface area is 175 Å². The van der Waals surface area contributed by atoms with E-state index in [4.69, 9.17) is 0 Å². The highest BCUT2D eigenvalue weighted by atomic mass is 19.1. The van der Waals surface area contributed by atoms with E-state index in [2.05, 4.69) is 10.3 Å². The molecule has 0 spiro atoms. The van der Waals surface area contributed by atoms with E-state index in [1.165, 1.54) is 17.0 Å². The number of nitrogens with one attached hydrogen (secondary N) is 1. The van der Waals surface area contributed by atoms with Crippen LogP contribution in [0, 0.1) is 5.82 Å². The molecule has 0 unspecified atom stereocenters. The van der Waals surface area contributed by atoms with Gasteiger partial charge < -0.3 is 10.2 Å². The largest absolute Gasteiger partial charge is 0.350 e. The van der Waals surface area contributed by atoms with Gasteiger partial charge in [-0.3, -0.25) is 14.6 Å². The van der Waals surface area contributed by atoms with Crippen molar-refractivity contribution in [1.29, 1.82) is 0 Å². The zero-order valence-electron chi connectivity index (χ0n) is 16.8. The first-order valence-electron chi connectivity index (χ1n) is 9.77. The average molecular weight is 405 g/mol. The molecule has 0 bridgehead atoms. The number of hydrogen-bond donors (Lipinski definition) is 1. The van der Waals surface area contributed by atoms with Gasteiger partial charge in [0.1, 0.15) is 11.9 Å². The first kappa shape index (κ1) is 21.2. The molecule has 5 nitrogen and oxygen atoms in total. The van der Waals surface area contributed by atoms with E-state index in [9.17, 15) is 14.0 Å². The lowest BCUT2D eigenvalue weighted by Crippen LogP contribution is -2.48. The molecule has 0 aliphatic rings. The molecule has 0 aliphatic heterocycles. The average Bonchev–Trinajstić information content (AvgIpc) is 2.78. The number of carbonyl (C=O) groups excluding carboxylic acids is 2. The fraction of sp³-hybridized carbons (Fsp3) is 0.208. The van der Waals surface area contributed by atoms with Gasteiger partial charge in [0, 0.05) is 25.5 Å². The van der Waals surface area contributed by atoms with Crippen LogP contribution in [-0.4, -0.2) is 27.7 Å². The summed E-state index contributed by atoms with van der Waals surface area (Å²) in [4.78, 5) is 31.3. The molecular formula is C24H24FN3O2. The summed E-state index contributed by atoms with van der Waals surface area (Å²) in [6.45, 7) is 2.27. The van der Waals surface area contributed by atoms with Crippen molar-refractivity contribution in [3.63, 3.8) is 0 Å². The van der Waals surface area contributed by atoms with Crippen molar-refractivity contribution < 1.29 is 14.0 Å². The number of benzene rings is 2. The van der Waals surface area contributed by atoms with Crippen molar-refractivity contribution in [2.75, 3.05) is 0 Å². The van der Waals surface area contributed by atoms with Crippen LogP contribution in [0.5, 0.6) is 0 Å². The van der Waals surface area contributed by atoms with E-state index in [0.29, 0.717) is 6.54 Å². The van der Waals surface area contributed by atoms with Crippen LogP contribution < -0.4 is 5.32 Å². The summed E-state index contributed by atoms with van der Waals surface area (Å²) < 4.78 is 13.3. The van der Waals surface area contributed by atoms with E-state index >= 15 is 0 Å². The molecule has 3 aromatic rings. The Morgan fingerprint density at radius 3 is 2.27 bits per heavy atom. The van der Waals surface area contributed by atoms with Crippen LogP contribution in [0.15, 0.2) is 79.1 Å². The van der Waals surface area contributed by atoms with Crippen LogP contribution >= 0.6 is 0 Å². The predicted molar refractivity (Wildman–Crippen MR) is 113 cm³/mol. The van der Waals surface area contributed by atoms with Crippen LogP contribution in [0.4, 0.5) is 4.39 Å². The number of halogens is 1. The van der Waals surface area contributed by atoms with Crippen LogP contribution in [0.1, 0.15) is 23.6 Å². The minimum absolute atomic E-state index is 0.169. The molecule has 1 atom stereocenters. The van der Waals surface area contributed by atoms with Crippen molar-refractivity contribution in [2.24, 2.45) is 0 Å². The van der Waals surface area contributed by atoms with E-state index in [1.807, 2.05) is 42.5 Å².